The molecule has 1 aliphatic heterocycles. The van der Waals surface area contributed by atoms with Crippen molar-refractivity contribution in [3.8, 4) is 0 Å². The van der Waals surface area contributed by atoms with E-state index in [9.17, 15) is 13.2 Å². The fourth-order valence-corrected chi connectivity index (χ4v) is 4.51. The van der Waals surface area contributed by atoms with E-state index in [1.807, 2.05) is 31.2 Å². The number of benzene rings is 2. The first-order valence-electron chi connectivity index (χ1n) is 8.59. The smallest absolute Gasteiger partial charge is 0.243 e. The molecule has 3 rings (SSSR count). The second-order valence-electron chi connectivity index (χ2n) is 6.34. The van der Waals surface area contributed by atoms with Gasteiger partial charge in [0.15, 0.2) is 0 Å². The maximum atomic E-state index is 12.8. The number of nitrogens with zero attached hydrogens (tertiary/aromatic N) is 1. The van der Waals surface area contributed by atoms with Gasteiger partial charge in [-0.15, -0.1) is 0 Å². The molecule has 0 bridgehead atoms. The molecule has 0 radical (unpaired) electrons. The Bertz CT molecular complexity index is 923. The number of aryl methyl sites for hydroxylation is 1. The van der Waals surface area contributed by atoms with E-state index in [2.05, 4.69) is 21.2 Å². The summed E-state index contributed by atoms with van der Waals surface area (Å²) < 4.78 is 33.2. The van der Waals surface area contributed by atoms with Gasteiger partial charge in [-0.25, -0.2) is 8.42 Å². The molecule has 0 spiro atoms. The van der Waals surface area contributed by atoms with Crippen LogP contribution in [-0.4, -0.2) is 44.9 Å². The van der Waals surface area contributed by atoms with Gasteiger partial charge in [0.05, 0.1) is 24.5 Å². The summed E-state index contributed by atoms with van der Waals surface area (Å²) in [5, 5.41) is 2.83. The van der Waals surface area contributed by atoms with Crippen LogP contribution >= 0.6 is 15.9 Å². The summed E-state index contributed by atoms with van der Waals surface area (Å²) in [4.78, 5) is 12.6. The summed E-state index contributed by atoms with van der Waals surface area (Å²) in [6.45, 7) is 3.28. The quantitative estimate of drug-likeness (QED) is 0.756. The van der Waals surface area contributed by atoms with Gasteiger partial charge in [-0.2, -0.15) is 4.31 Å². The molecule has 1 saturated heterocycles. The number of halogens is 1. The summed E-state index contributed by atoms with van der Waals surface area (Å²) in [5.74, 6) is -0.193. The van der Waals surface area contributed by atoms with Gasteiger partial charge in [0.1, 0.15) is 0 Å². The minimum atomic E-state index is -3.60. The molecule has 0 saturated carbocycles. The number of anilines is 1. The van der Waals surface area contributed by atoms with Crippen LogP contribution in [-0.2, 0) is 26.0 Å². The molecule has 144 valence electrons. The van der Waals surface area contributed by atoms with E-state index in [1.54, 1.807) is 12.1 Å². The third-order valence-corrected chi connectivity index (χ3v) is 6.79. The summed E-state index contributed by atoms with van der Waals surface area (Å²) in [7, 11) is -3.60. The Morgan fingerprint density at radius 2 is 1.81 bits per heavy atom. The highest BCUT2D eigenvalue weighted by molar-refractivity contribution is 9.10. The highest BCUT2D eigenvalue weighted by Gasteiger charge is 2.26. The lowest BCUT2D eigenvalue weighted by molar-refractivity contribution is -0.115. The molecule has 1 amide bonds. The van der Waals surface area contributed by atoms with Crippen LogP contribution in [0.2, 0.25) is 0 Å². The lowest BCUT2D eigenvalue weighted by atomic mass is 10.1. The average Bonchev–Trinajstić information content (AvgIpc) is 2.66. The molecule has 1 fully saturated rings. The number of sulfonamides is 1. The van der Waals surface area contributed by atoms with Gasteiger partial charge in [-0.3, -0.25) is 4.79 Å². The number of carbonyl (C=O) groups excluding carboxylic acids is 1. The lowest BCUT2D eigenvalue weighted by Gasteiger charge is -2.26. The third-order valence-electron chi connectivity index (χ3n) is 4.37. The number of nitrogens with one attached hydrogen (secondary N) is 1. The van der Waals surface area contributed by atoms with E-state index in [0.717, 1.165) is 15.6 Å². The van der Waals surface area contributed by atoms with E-state index in [-0.39, 0.29) is 17.2 Å². The van der Waals surface area contributed by atoms with Crippen molar-refractivity contribution in [1.29, 1.82) is 0 Å². The van der Waals surface area contributed by atoms with Crippen LogP contribution in [0.5, 0.6) is 0 Å². The van der Waals surface area contributed by atoms with Gasteiger partial charge in [0.2, 0.25) is 15.9 Å². The molecule has 0 aromatic heterocycles. The Hall–Kier alpha value is -1.74. The first-order chi connectivity index (χ1) is 12.9. The van der Waals surface area contributed by atoms with Crippen LogP contribution in [0.3, 0.4) is 0 Å². The van der Waals surface area contributed by atoms with Gasteiger partial charge >= 0.3 is 0 Å². The fraction of sp³-hybridized carbons (Fsp3) is 0.316. The van der Waals surface area contributed by atoms with Crippen LogP contribution in [0.25, 0.3) is 0 Å². The molecule has 2 aromatic carbocycles. The zero-order valence-electron chi connectivity index (χ0n) is 14.9. The Labute approximate surface area is 167 Å². The van der Waals surface area contributed by atoms with Crippen molar-refractivity contribution in [2.45, 2.75) is 18.2 Å². The van der Waals surface area contributed by atoms with Gasteiger partial charge in [0.25, 0.3) is 0 Å². The van der Waals surface area contributed by atoms with Crippen molar-refractivity contribution in [3.63, 3.8) is 0 Å². The first-order valence-corrected chi connectivity index (χ1v) is 10.8. The van der Waals surface area contributed by atoms with E-state index in [1.165, 1.54) is 10.4 Å². The van der Waals surface area contributed by atoms with Crippen LogP contribution in [0, 0.1) is 6.92 Å². The maximum absolute atomic E-state index is 12.8. The average molecular weight is 453 g/mol. The number of hydrogen-bond acceptors (Lipinski definition) is 4. The van der Waals surface area contributed by atoms with Crippen LogP contribution in [0.4, 0.5) is 5.69 Å². The van der Waals surface area contributed by atoms with Crippen LogP contribution < -0.4 is 5.32 Å². The van der Waals surface area contributed by atoms with E-state index < -0.39 is 10.0 Å². The maximum Gasteiger partial charge on any atom is 0.243 e. The minimum absolute atomic E-state index is 0.175. The molecule has 1 heterocycles. The van der Waals surface area contributed by atoms with Crippen molar-refractivity contribution < 1.29 is 17.9 Å². The first kappa shape index (κ1) is 20.0. The summed E-state index contributed by atoms with van der Waals surface area (Å²) in [5.41, 5.74) is 2.19. The van der Waals surface area contributed by atoms with Crippen LogP contribution in [0.15, 0.2) is 51.8 Å². The highest BCUT2D eigenvalue weighted by atomic mass is 79.9. The van der Waals surface area contributed by atoms with Crippen molar-refractivity contribution >= 4 is 37.5 Å². The molecule has 0 aliphatic carbocycles. The molecule has 6 nitrogen and oxygen atoms in total. The number of carbonyl (C=O) groups is 1. The van der Waals surface area contributed by atoms with Gasteiger partial charge < -0.3 is 10.1 Å². The Balaban J connectivity index is 1.76. The third kappa shape index (κ3) is 4.95. The summed E-state index contributed by atoms with van der Waals surface area (Å²) in [6, 6.07) is 12.3. The van der Waals surface area contributed by atoms with E-state index in [4.69, 9.17) is 4.74 Å². The second-order valence-corrected chi connectivity index (χ2v) is 9.20. The molecule has 0 unspecified atom stereocenters. The molecule has 8 heteroatoms. The minimum Gasteiger partial charge on any atom is -0.379 e. The number of hydrogen-bond donors (Lipinski definition) is 1. The Morgan fingerprint density at radius 3 is 2.48 bits per heavy atom. The molecule has 0 atom stereocenters. The Kier molecular flexibility index (Phi) is 6.31. The molecular formula is C19H21BrN2O4S. The molecule has 1 N–H and O–H groups in total. The van der Waals surface area contributed by atoms with Gasteiger partial charge in [-0.05, 0) is 42.3 Å². The van der Waals surface area contributed by atoms with Gasteiger partial charge in [0, 0.05) is 23.2 Å². The predicted molar refractivity (Wildman–Crippen MR) is 107 cm³/mol. The zero-order valence-corrected chi connectivity index (χ0v) is 17.3. The van der Waals surface area contributed by atoms with Crippen molar-refractivity contribution in [1.82, 2.24) is 4.31 Å². The summed E-state index contributed by atoms with van der Waals surface area (Å²) in [6.07, 6.45) is 0.215. The van der Waals surface area contributed by atoms with Crippen molar-refractivity contribution in [2.75, 3.05) is 31.6 Å². The lowest BCUT2D eigenvalue weighted by Crippen LogP contribution is -2.40. The number of morpholine rings is 1. The summed E-state index contributed by atoms with van der Waals surface area (Å²) >= 11 is 3.36. The van der Waals surface area contributed by atoms with E-state index >= 15 is 0 Å². The van der Waals surface area contributed by atoms with E-state index in [0.29, 0.717) is 32.0 Å². The highest BCUT2D eigenvalue weighted by Crippen LogP contribution is 2.24. The number of ether oxygens (including phenoxy) is 1. The topological polar surface area (TPSA) is 75.7 Å². The SMILES string of the molecule is Cc1ccc(S(=O)(=O)N2CCOCC2)cc1NC(=O)Cc1ccc(Br)cc1. The molecule has 27 heavy (non-hydrogen) atoms. The molecule has 1 aliphatic rings. The largest absolute Gasteiger partial charge is 0.379 e. The molecular weight excluding hydrogens is 432 g/mol. The zero-order chi connectivity index (χ0) is 19.4. The predicted octanol–water partition coefficient (Wildman–Crippen LogP) is 2.96. The van der Waals surface area contributed by atoms with Crippen molar-refractivity contribution in [2.24, 2.45) is 0 Å². The Morgan fingerprint density at radius 1 is 1.15 bits per heavy atom. The second kappa shape index (κ2) is 8.52. The monoisotopic (exact) mass is 452 g/mol. The van der Waals surface area contributed by atoms with Crippen molar-refractivity contribution in [3.05, 3.63) is 58.1 Å². The standard InChI is InChI=1S/C19H21BrN2O4S/c1-14-2-7-17(27(24,25)22-8-10-26-11-9-22)13-18(14)21-19(23)12-15-3-5-16(20)6-4-15/h2-7,13H,8-12H2,1H3,(H,21,23). The number of rotatable bonds is 5. The van der Waals surface area contributed by atoms with Crippen LogP contribution in [0.1, 0.15) is 11.1 Å². The van der Waals surface area contributed by atoms with Gasteiger partial charge in [-0.1, -0.05) is 34.1 Å². The number of amides is 1. The molecule has 2 aromatic rings. The fourth-order valence-electron chi connectivity index (χ4n) is 2.81. The normalized spacial score (nSPS) is 15.5.